The standard InChI is InChI=1S/C9H17NO2/c1-9(11)3-2-8(9)10-4-6-12-7-5-10/h8,11H,2-7H2,1H3/t8-,9-/m0/s1. The quantitative estimate of drug-likeness (QED) is 0.613. The Morgan fingerprint density at radius 3 is 2.50 bits per heavy atom. The molecule has 2 aliphatic rings. The van der Waals surface area contributed by atoms with Gasteiger partial charge in [-0.3, -0.25) is 4.90 Å². The van der Waals surface area contributed by atoms with Gasteiger partial charge in [-0.1, -0.05) is 0 Å². The Morgan fingerprint density at radius 2 is 2.08 bits per heavy atom. The highest BCUT2D eigenvalue weighted by atomic mass is 16.5. The van der Waals surface area contributed by atoms with Gasteiger partial charge < -0.3 is 9.84 Å². The zero-order valence-corrected chi connectivity index (χ0v) is 7.62. The molecule has 0 aromatic rings. The fraction of sp³-hybridized carbons (Fsp3) is 1.00. The maximum absolute atomic E-state index is 9.84. The van der Waals surface area contributed by atoms with E-state index in [4.69, 9.17) is 4.74 Å². The third-order valence-electron chi connectivity index (χ3n) is 3.13. The Morgan fingerprint density at radius 1 is 1.42 bits per heavy atom. The Labute approximate surface area is 73.3 Å². The molecular formula is C9H17NO2. The van der Waals surface area contributed by atoms with Crippen molar-refractivity contribution in [3.05, 3.63) is 0 Å². The Kier molecular flexibility index (Phi) is 2.10. The van der Waals surface area contributed by atoms with E-state index in [1.165, 1.54) is 0 Å². The summed E-state index contributed by atoms with van der Waals surface area (Å²) >= 11 is 0. The lowest BCUT2D eigenvalue weighted by Gasteiger charge is -2.50. The summed E-state index contributed by atoms with van der Waals surface area (Å²) in [4.78, 5) is 2.35. The third-order valence-corrected chi connectivity index (χ3v) is 3.13. The number of ether oxygens (including phenoxy) is 1. The van der Waals surface area contributed by atoms with Crippen LogP contribution in [0.4, 0.5) is 0 Å². The molecule has 3 nitrogen and oxygen atoms in total. The molecule has 2 atom stereocenters. The molecule has 70 valence electrons. The van der Waals surface area contributed by atoms with Crippen LogP contribution in [0.5, 0.6) is 0 Å². The Hall–Kier alpha value is -0.120. The lowest BCUT2D eigenvalue weighted by Crippen LogP contribution is -2.60. The van der Waals surface area contributed by atoms with E-state index in [-0.39, 0.29) is 0 Å². The lowest BCUT2D eigenvalue weighted by atomic mass is 9.75. The highest BCUT2D eigenvalue weighted by molar-refractivity contribution is 4.99. The molecule has 0 bridgehead atoms. The van der Waals surface area contributed by atoms with Gasteiger partial charge in [0.15, 0.2) is 0 Å². The molecule has 0 unspecified atom stereocenters. The first-order chi connectivity index (χ1) is 5.70. The molecule has 1 saturated heterocycles. The molecule has 2 fully saturated rings. The van der Waals surface area contributed by atoms with Crippen LogP contribution in [0.3, 0.4) is 0 Å². The predicted molar refractivity (Wildman–Crippen MR) is 46.0 cm³/mol. The lowest BCUT2D eigenvalue weighted by molar-refractivity contribution is -0.123. The molecule has 0 spiro atoms. The second-order valence-corrected chi connectivity index (χ2v) is 4.06. The number of hydrogen-bond acceptors (Lipinski definition) is 3. The number of aliphatic hydroxyl groups is 1. The zero-order chi connectivity index (χ0) is 8.60. The summed E-state index contributed by atoms with van der Waals surface area (Å²) < 4.78 is 5.26. The smallest absolute Gasteiger partial charge is 0.0774 e. The second-order valence-electron chi connectivity index (χ2n) is 4.06. The van der Waals surface area contributed by atoms with Crippen molar-refractivity contribution in [2.75, 3.05) is 26.3 Å². The number of rotatable bonds is 1. The van der Waals surface area contributed by atoms with E-state index in [0.717, 1.165) is 39.1 Å². The van der Waals surface area contributed by atoms with Gasteiger partial charge in [0.2, 0.25) is 0 Å². The van der Waals surface area contributed by atoms with Gasteiger partial charge in [0.1, 0.15) is 0 Å². The van der Waals surface area contributed by atoms with Gasteiger partial charge in [0.05, 0.1) is 18.8 Å². The first kappa shape index (κ1) is 8.48. The zero-order valence-electron chi connectivity index (χ0n) is 7.62. The third kappa shape index (κ3) is 1.37. The Balaban J connectivity index is 1.91. The summed E-state index contributed by atoms with van der Waals surface area (Å²) in [5.74, 6) is 0. The molecule has 0 aromatic carbocycles. The molecule has 2 rings (SSSR count). The monoisotopic (exact) mass is 171 g/mol. The summed E-state index contributed by atoms with van der Waals surface area (Å²) in [6, 6.07) is 0.390. The van der Waals surface area contributed by atoms with E-state index in [1.54, 1.807) is 0 Å². The molecule has 0 aromatic heterocycles. The number of hydrogen-bond donors (Lipinski definition) is 1. The minimum atomic E-state index is -0.433. The van der Waals surface area contributed by atoms with E-state index in [0.29, 0.717) is 6.04 Å². The maximum atomic E-state index is 9.84. The molecule has 0 amide bonds. The Bertz CT molecular complexity index is 164. The summed E-state index contributed by atoms with van der Waals surface area (Å²) in [6.07, 6.45) is 2.10. The van der Waals surface area contributed by atoms with Crippen molar-refractivity contribution in [1.29, 1.82) is 0 Å². The summed E-state index contributed by atoms with van der Waals surface area (Å²) in [5.41, 5.74) is -0.433. The number of morpholine rings is 1. The molecule has 1 saturated carbocycles. The first-order valence-electron chi connectivity index (χ1n) is 4.74. The van der Waals surface area contributed by atoms with Crippen molar-refractivity contribution in [2.24, 2.45) is 0 Å². The fourth-order valence-electron chi connectivity index (χ4n) is 2.16. The molecule has 1 aliphatic heterocycles. The predicted octanol–water partition coefficient (Wildman–Crippen LogP) is 0.232. The van der Waals surface area contributed by atoms with Gasteiger partial charge in [-0.25, -0.2) is 0 Å². The van der Waals surface area contributed by atoms with Gasteiger partial charge in [0, 0.05) is 19.1 Å². The summed E-state index contributed by atoms with van der Waals surface area (Å²) in [7, 11) is 0. The SMILES string of the molecule is C[C@]1(O)CC[C@@H]1N1CCOCC1. The van der Waals surface area contributed by atoms with Crippen molar-refractivity contribution >= 4 is 0 Å². The minimum absolute atomic E-state index is 0.390. The normalized spacial score (nSPS) is 44.0. The van der Waals surface area contributed by atoms with Crippen molar-refractivity contribution in [3.63, 3.8) is 0 Å². The van der Waals surface area contributed by atoms with Gasteiger partial charge in [-0.2, -0.15) is 0 Å². The van der Waals surface area contributed by atoms with Crippen molar-refractivity contribution < 1.29 is 9.84 Å². The number of nitrogens with zero attached hydrogens (tertiary/aromatic N) is 1. The topological polar surface area (TPSA) is 32.7 Å². The van der Waals surface area contributed by atoms with Gasteiger partial charge >= 0.3 is 0 Å². The average Bonchev–Trinajstić information content (AvgIpc) is 2.05. The van der Waals surface area contributed by atoms with Crippen LogP contribution in [0.2, 0.25) is 0 Å². The van der Waals surface area contributed by atoms with E-state index < -0.39 is 5.60 Å². The van der Waals surface area contributed by atoms with Crippen molar-refractivity contribution in [3.8, 4) is 0 Å². The molecular weight excluding hydrogens is 154 g/mol. The van der Waals surface area contributed by atoms with Crippen LogP contribution in [-0.4, -0.2) is 48.0 Å². The first-order valence-corrected chi connectivity index (χ1v) is 4.74. The summed E-state index contributed by atoms with van der Waals surface area (Å²) in [6.45, 7) is 5.57. The van der Waals surface area contributed by atoms with Crippen molar-refractivity contribution in [2.45, 2.75) is 31.4 Å². The molecule has 1 aliphatic carbocycles. The van der Waals surface area contributed by atoms with Crippen LogP contribution < -0.4 is 0 Å². The molecule has 1 N–H and O–H groups in total. The van der Waals surface area contributed by atoms with Crippen LogP contribution in [0.1, 0.15) is 19.8 Å². The van der Waals surface area contributed by atoms with Crippen LogP contribution in [0.25, 0.3) is 0 Å². The average molecular weight is 171 g/mol. The van der Waals surface area contributed by atoms with Gasteiger partial charge in [0.25, 0.3) is 0 Å². The van der Waals surface area contributed by atoms with E-state index in [2.05, 4.69) is 4.90 Å². The van der Waals surface area contributed by atoms with Crippen LogP contribution >= 0.6 is 0 Å². The van der Waals surface area contributed by atoms with Gasteiger partial charge in [-0.15, -0.1) is 0 Å². The van der Waals surface area contributed by atoms with Gasteiger partial charge in [-0.05, 0) is 19.8 Å². The van der Waals surface area contributed by atoms with Crippen LogP contribution in [0, 0.1) is 0 Å². The van der Waals surface area contributed by atoms with E-state index >= 15 is 0 Å². The highest BCUT2D eigenvalue weighted by Gasteiger charge is 2.44. The molecule has 0 radical (unpaired) electrons. The van der Waals surface area contributed by atoms with E-state index in [9.17, 15) is 5.11 Å². The second kappa shape index (κ2) is 2.98. The summed E-state index contributed by atoms with van der Waals surface area (Å²) in [5, 5.41) is 9.84. The molecule has 3 heteroatoms. The minimum Gasteiger partial charge on any atom is -0.389 e. The maximum Gasteiger partial charge on any atom is 0.0774 e. The van der Waals surface area contributed by atoms with Crippen molar-refractivity contribution in [1.82, 2.24) is 4.90 Å². The fourth-order valence-corrected chi connectivity index (χ4v) is 2.16. The van der Waals surface area contributed by atoms with Crippen LogP contribution in [-0.2, 0) is 4.74 Å². The molecule has 12 heavy (non-hydrogen) atoms. The largest absolute Gasteiger partial charge is 0.389 e. The van der Waals surface area contributed by atoms with E-state index in [1.807, 2.05) is 6.92 Å². The highest BCUT2D eigenvalue weighted by Crippen LogP contribution is 2.35. The molecule has 1 heterocycles. The van der Waals surface area contributed by atoms with Crippen LogP contribution in [0.15, 0.2) is 0 Å².